The molecule has 1 unspecified atom stereocenters. The van der Waals surface area contributed by atoms with Gasteiger partial charge in [0.2, 0.25) is 0 Å². The van der Waals surface area contributed by atoms with Crippen LogP contribution >= 0.6 is 11.8 Å². The molecule has 0 fully saturated rings. The van der Waals surface area contributed by atoms with Crippen LogP contribution in [0.2, 0.25) is 0 Å². The third kappa shape index (κ3) is 4.10. The van der Waals surface area contributed by atoms with E-state index in [-0.39, 0.29) is 18.5 Å². The molecule has 1 aliphatic heterocycles. The predicted octanol–water partition coefficient (Wildman–Crippen LogP) is 2.61. The highest BCUT2D eigenvalue weighted by Crippen LogP contribution is 2.38. The molecule has 7 heteroatoms. The second-order valence-corrected chi connectivity index (χ2v) is 7.54. The van der Waals surface area contributed by atoms with E-state index in [2.05, 4.69) is 0 Å². The zero-order valence-electron chi connectivity index (χ0n) is 11.4. The lowest BCUT2D eigenvalue weighted by Crippen LogP contribution is -2.29. The van der Waals surface area contributed by atoms with Gasteiger partial charge >= 0.3 is 0 Å². The molecule has 1 aromatic carbocycles. The highest BCUT2D eigenvalue weighted by Gasteiger charge is 2.24. The van der Waals surface area contributed by atoms with Crippen molar-refractivity contribution in [1.29, 1.82) is 0 Å². The summed E-state index contributed by atoms with van der Waals surface area (Å²) in [5, 5.41) is 0. The van der Waals surface area contributed by atoms with Crippen molar-refractivity contribution in [3.8, 4) is 5.75 Å². The highest BCUT2D eigenvalue weighted by molar-refractivity contribution is 7.99. The third-order valence-corrected chi connectivity index (χ3v) is 4.35. The maximum absolute atomic E-state index is 13.5. The minimum Gasteiger partial charge on any atom is -0.486 e. The minimum atomic E-state index is -3.47. The Kier molecular flexibility index (Phi) is 4.93. The molecule has 0 aromatic heterocycles. The molecule has 0 aliphatic carbocycles. The van der Waals surface area contributed by atoms with Crippen LogP contribution in [-0.2, 0) is 20.7 Å². The fourth-order valence-electron chi connectivity index (χ4n) is 2.06. The van der Waals surface area contributed by atoms with Gasteiger partial charge in [0.15, 0.2) is 0 Å². The Hall–Kier alpha value is -0.790. The number of benzene rings is 1. The maximum atomic E-state index is 13.5. The van der Waals surface area contributed by atoms with E-state index in [0.29, 0.717) is 18.6 Å². The molecule has 0 N–H and O–H groups in total. The number of hydrogen-bond acceptors (Lipinski definition) is 5. The molecule has 0 spiro atoms. The Bertz CT molecular complexity index is 586. The maximum Gasteiger partial charge on any atom is 0.264 e. The van der Waals surface area contributed by atoms with E-state index in [1.54, 1.807) is 0 Å². The van der Waals surface area contributed by atoms with E-state index >= 15 is 0 Å². The smallest absolute Gasteiger partial charge is 0.264 e. The minimum absolute atomic E-state index is 0.00805. The van der Waals surface area contributed by atoms with Crippen molar-refractivity contribution in [3.05, 3.63) is 23.5 Å². The molecule has 0 saturated heterocycles. The van der Waals surface area contributed by atoms with Crippen molar-refractivity contribution < 1.29 is 21.7 Å². The van der Waals surface area contributed by atoms with Crippen molar-refractivity contribution in [2.45, 2.75) is 30.8 Å². The zero-order chi connectivity index (χ0) is 14.8. The standard InChI is InChI=1S/C13H17FO4S2/c1-3-19-12-7-10(14)6-9-4-5-11(18-13(9)12)8-17-20(2,15)16/h6-7,11H,3-5,8H2,1-2H3. The summed E-state index contributed by atoms with van der Waals surface area (Å²) in [5.41, 5.74) is 0.830. The first-order valence-electron chi connectivity index (χ1n) is 6.35. The van der Waals surface area contributed by atoms with Crippen LogP contribution in [-0.4, -0.2) is 33.1 Å². The van der Waals surface area contributed by atoms with Crippen LogP contribution in [0, 0.1) is 5.82 Å². The third-order valence-electron chi connectivity index (χ3n) is 2.88. The van der Waals surface area contributed by atoms with Crippen LogP contribution in [0.25, 0.3) is 0 Å². The van der Waals surface area contributed by atoms with Gasteiger partial charge in [0.05, 0.1) is 11.2 Å². The van der Waals surface area contributed by atoms with Crippen molar-refractivity contribution in [3.63, 3.8) is 0 Å². The second-order valence-electron chi connectivity index (χ2n) is 4.59. The van der Waals surface area contributed by atoms with Gasteiger partial charge < -0.3 is 4.74 Å². The predicted molar refractivity (Wildman–Crippen MR) is 76.3 cm³/mol. The van der Waals surface area contributed by atoms with Crippen molar-refractivity contribution in [1.82, 2.24) is 0 Å². The van der Waals surface area contributed by atoms with E-state index in [4.69, 9.17) is 8.92 Å². The number of aryl methyl sites for hydroxylation is 1. The zero-order valence-corrected chi connectivity index (χ0v) is 13.0. The van der Waals surface area contributed by atoms with Gasteiger partial charge in [0, 0.05) is 0 Å². The lowest BCUT2D eigenvalue weighted by Gasteiger charge is -2.27. The first-order chi connectivity index (χ1) is 9.39. The molecule has 1 aliphatic rings. The Morgan fingerprint density at radius 2 is 2.25 bits per heavy atom. The number of thioether (sulfide) groups is 1. The van der Waals surface area contributed by atoms with Crippen LogP contribution in [0.4, 0.5) is 4.39 Å². The topological polar surface area (TPSA) is 52.6 Å². The number of halogens is 1. The quantitative estimate of drug-likeness (QED) is 0.616. The van der Waals surface area contributed by atoms with Gasteiger partial charge in [-0.1, -0.05) is 6.92 Å². The first-order valence-corrected chi connectivity index (χ1v) is 9.15. The van der Waals surface area contributed by atoms with E-state index in [0.717, 1.165) is 22.5 Å². The summed E-state index contributed by atoms with van der Waals surface area (Å²) in [6.07, 6.45) is 1.96. The van der Waals surface area contributed by atoms with Gasteiger partial charge in [-0.25, -0.2) is 4.39 Å². The van der Waals surface area contributed by atoms with E-state index in [9.17, 15) is 12.8 Å². The summed E-state index contributed by atoms with van der Waals surface area (Å²) < 4.78 is 46.1. The normalized spacial score (nSPS) is 18.4. The lowest BCUT2D eigenvalue weighted by atomic mass is 10.0. The Labute approximate surface area is 122 Å². The van der Waals surface area contributed by atoms with E-state index in [1.807, 2.05) is 6.92 Å². The van der Waals surface area contributed by atoms with Gasteiger partial charge in [-0.3, -0.25) is 4.18 Å². The summed E-state index contributed by atoms with van der Waals surface area (Å²) in [5.74, 6) is 1.20. The fraction of sp³-hybridized carbons (Fsp3) is 0.538. The molecular weight excluding hydrogens is 303 g/mol. The largest absolute Gasteiger partial charge is 0.486 e. The van der Waals surface area contributed by atoms with Crippen LogP contribution in [0.5, 0.6) is 5.75 Å². The van der Waals surface area contributed by atoms with Gasteiger partial charge in [-0.2, -0.15) is 8.42 Å². The van der Waals surface area contributed by atoms with Gasteiger partial charge in [-0.05, 0) is 36.3 Å². The molecule has 0 radical (unpaired) electrons. The summed E-state index contributed by atoms with van der Waals surface area (Å²) in [7, 11) is -3.47. The number of rotatable bonds is 5. The molecule has 1 heterocycles. The molecule has 0 amide bonds. The highest BCUT2D eigenvalue weighted by atomic mass is 32.2. The van der Waals surface area contributed by atoms with Crippen LogP contribution in [0.3, 0.4) is 0 Å². The molecule has 1 aromatic rings. The molecule has 20 heavy (non-hydrogen) atoms. The Morgan fingerprint density at radius 1 is 1.50 bits per heavy atom. The first kappa shape index (κ1) is 15.6. The van der Waals surface area contributed by atoms with E-state index < -0.39 is 10.1 Å². The average molecular weight is 320 g/mol. The van der Waals surface area contributed by atoms with Crippen LogP contribution in [0.15, 0.2) is 17.0 Å². The van der Waals surface area contributed by atoms with Gasteiger partial charge in [0.25, 0.3) is 10.1 Å². The Balaban J connectivity index is 2.15. The number of fused-ring (bicyclic) bond motifs is 1. The van der Waals surface area contributed by atoms with Crippen molar-refractivity contribution in [2.24, 2.45) is 0 Å². The molecular formula is C13H17FO4S2. The molecule has 112 valence electrons. The van der Waals surface area contributed by atoms with E-state index in [1.165, 1.54) is 23.9 Å². The monoisotopic (exact) mass is 320 g/mol. The Morgan fingerprint density at radius 3 is 2.90 bits per heavy atom. The lowest BCUT2D eigenvalue weighted by molar-refractivity contribution is 0.110. The molecule has 1 atom stereocenters. The summed E-state index contributed by atoms with van der Waals surface area (Å²) in [4.78, 5) is 0.756. The molecule has 2 rings (SSSR count). The fourth-order valence-corrected chi connectivity index (χ4v) is 3.28. The van der Waals surface area contributed by atoms with Crippen LogP contribution in [0.1, 0.15) is 18.9 Å². The average Bonchev–Trinajstić information content (AvgIpc) is 2.36. The summed E-state index contributed by atoms with van der Waals surface area (Å²) in [6, 6.07) is 2.93. The molecule has 0 saturated carbocycles. The van der Waals surface area contributed by atoms with Gasteiger partial charge in [-0.15, -0.1) is 11.8 Å². The SMILES string of the molecule is CCSc1cc(F)cc2c1OC(COS(C)(=O)=O)CC2. The number of ether oxygens (including phenoxy) is 1. The van der Waals surface area contributed by atoms with Crippen LogP contribution < -0.4 is 4.74 Å². The summed E-state index contributed by atoms with van der Waals surface area (Å²) in [6.45, 7) is 1.97. The van der Waals surface area contributed by atoms with Crippen molar-refractivity contribution >= 4 is 21.9 Å². The summed E-state index contributed by atoms with van der Waals surface area (Å²) >= 11 is 1.51. The van der Waals surface area contributed by atoms with Crippen molar-refractivity contribution in [2.75, 3.05) is 18.6 Å². The van der Waals surface area contributed by atoms with Gasteiger partial charge in [0.1, 0.15) is 24.3 Å². The molecule has 0 bridgehead atoms. The molecule has 4 nitrogen and oxygen atoms in total. The number of hydrogen-bond donors (Lipinski definition) is 0. The second kappa shape index (κ2) is 6.32.